The van der Waals surface area contributed by atoms with Crippen LogP contribution in [0.2, 0.25) is 0 Å². The number of carbonyl (C=O) groups excluding carboxylic acids is 1. The third-order valence-electron chi connectivity index (χ3n) is 5.75. The highest BCUT2D eigenvalue weighted by Crippen LogP contribution is 2.30. The summed E-state index contributed by atoms with van der Waals surface area (Å²) in [5, 5.41) is 3.12. The van der Waals surface area contributed by atoms with Gasteiger partial charge in [-0.1, -0.05) is 48.0 Å². The van der Waals surface area contributed by atoms with Crippen molar-refractivity contribution in [2.75, 3.05) is 4.72 Å². The van der Waals surface area contributed by atoms with Gasteiger partial charge in [0.05, 0.1) is 16.6 Å². The summed E-state index contributed by atoms with van der Waals surface area (Å²) in [6, 6.07) is 19.9. The summed E-state index contributed by atoms with van der Waals surface area (Å²) in [6.07, 6.45) is 2.94. The minimum atomic E-state index is -3.74. The zero-order valence-corrected chi connectivity index (χ0v) is 18.5. The van der Waals surface area contributed by atoms with E-state index in [0.29, 0.717) is 11.3 Å². The molecule has 0 radical (unpaired) electrons. The van der Waals surface area contributed by atoms with Crippen LogP contribution in [-0.4, -0.2) is 14.3 Å². The Morgan fingerprint density at radius 2 is 1.71 bits per heavy atom. The average molecular weight is 435 g/mol. The van der Waals surface area contributed by atoms with E-state index in [1.54, 1.807) is 42.5 Å². The first kappa shape index (κ1) is 21.1. The second-order valence-electron chi connectivity index (χ2n) is 8.07. The summed E-state index contributed by atoms with van der Waals surface area (Å²) in [4.78, 5) is 13.2. The number of rotatable bonds is 5. The third kappa shape index (κ3) is 4.64. The SMILES string of the molecule is Cc1ccc(S(=O)(=O)Nc2cc(C(=O)N[C@@H]3CCCc4ccccc43)ccc2C)cc1. The molecule has 0 bridgehead atoms. The van der Waals surface area contributed by atoms with Crippen LogP contribution in [0.4, 0.5) is 5.69 Å². The van der Waals surface area contributed by atoms with Gasteiger partial charge in [0.15, 0.2) is 0 Å². The lowest BCUT2D eigenvalue weighted by Crippen LogP contribution is -2.31. The Labute approximate surface area is 183 Å². The molecule has 0 aromatic heterocycles. The van der Waals surface area contributed by atoms with E-state index in [-0.39, 0.29) is 16.8 Å². The molecule has 0 aliphatic heterocycles. The fourth-order valence-electron chi connectivity index (χ4n) is 3.94. The maximum absolute atomic E-state index is 13.0. The fourth-order valence-corrected chi connectivity index (χ4v) is 5.06. The van der Waals surface area contributed by atoms with Gasteiger partial charge in [0.2, 0.25) is 0 Å². The van der Waals surface area contributed by atoms with Crippen LogP contribution < -0.4 is 10.0 Å². The van der Waals surface area contributed by atoms with Crippen molar-refractivity contribution in [1.29, 1.82) is 0 Å². The number of hydrogen-bond donors (Lipinski definition) is 2. The molecule has 5 nitrogen and oxygen atoms in total. The first-order chi connectivity index (χ1) is 14.8. The Hall–Kier alpha value is -3.12. The van der Waals surface area contributed by atoms with Gasteiger partial charge in [0.1, 0.15) is 0 Å². The molecule has 1 aliphatic rings. The lowest BCUT2D eigenvalue weighted by atomic mass is 9.87. The van der Waals surface area contributed by atoms with E-state index in [1.165, 1.54) is 5.56 Å². The van der Waals surface area contributed by atoms with Crippen molar-refractivity contribution in [1.82, 2.24) is 5.32 Å². The molecule has 31 heavy (non-hydrogen) atoms. The molecule has 0 fully saturated rings. The normalized spacial score (nSPS) is 15.7. The molecule has 4 rings (SSSR count). The molecule has 3 aromatic carbocycles. The monoisotopic (exact) mass is 434 g/mol. The molecule has 3 aromatic rings. The lowest BCUT2D eigenvalue weighted by Gasteiger charge is -2.26. The number of sulfonamides is 1. The van der Waals surface area contributed by atoms with Gasteiger partial charge >= 0.3 is 0 Å². The van der Waals surface area contributed by atoms with E-state index in [1.807, 2.05) is 26.0 Å². The first-order valence-electron chi connectivity index (χ1n) is 10.4. The van der Waals surface area contributed by atoms with Gasteiger partial charge in [-0.2, -0.15) is 0 Å². The average Bonchev–Trinajstić information content (AvgIpc) is 2.75. The molecule has 6 heteroatoms. The highest BCUT2D eigenvalue weighted by atomic mass is 32.2. The minimum absolute atomic E-state index is 0.0357. The first-order valence-corrected chi connectivity index (χ1v) is 11.9. The van der Waals surface area contributed by atoms with Crippen molar-refractivity contribution >= 4 is 21.6 Å². The van der Waals surface area contributed by atoms with E-state index in [0.717, 1.165) is 36.0 Å². The molecule has 0 saturated carbocycles. The molecule has 0 spiro atoms. The maximum Gasteiger partial charge on any atom is 0.261 e. The quantitative estimate of drug-likeness (QED) is 0.599. The number of anilines is 1. The Morgan fingerprint density at radius 1 is 0.968 bits per heavy atom. The van der Waals surface area contributed by atoms with E-state index in [2.05, 4.69) is 22.2 Å². The molecule has 1 aliphatic carbocycles. The van der Waals surface area contributed by atoms with E-state index in [9.17, 15) is 13.2 Å². The summed E-state index contributed by atoms with van der Waals surface area (Å²) in [7, 11) is -3.74. The van der Waals surface area contributed by atoms with E-state index >= 15 is 0 Å². The van der Waals surface area contributed by atoms with Gasteiger partial charge in [-0.3, -0.25) is 9.52 Å². The van der Waals surface area contributed by atoms with Gasteiger partial charge in [-0.15, -0.1) is 0 Å². The highest BCUT2D eigenvalue weighted by molar-refractivity contribution is 7.92. The van der Waals surface area contributed by atoms with Crippen LogP contribution in [-0.2, 0) is 16.4 Å². The molecule has 1 atom stereocenters. The van der Waals surface area contributed by atoms with Crippen LogP contribution in [0.3, 0.4) is 0 Å². The zero-order valence-electron chi connectivity index (χ0n) is 17.7. The summed E-state index contributed by atoms with van der Waals surface area (Å²) in [5.41, 5.74) is 4.99. The molecule has 0 heterocycles. The number of benzene rings is 3. The van der Waals surface area contributed by atoms with Crippen molar-refractivity contribution < 1.29 is 13.2 Å². The van der Waals surface area contributed by atoms with Crippen molar-refractivity contribution in [2.45, 2.75) is 44.0 Å². The van der Waals surface area contributed by atoms with Gasteiger partial charge in [-0.05, 0) is 74.1 Å². The van der Waals surface area contributed by atoms with Crippen LogP contribution in [0.5, 0.6) is 0 Å². The Morgan fingerprint density at radius 3 is 2.48 bits per heavy atom. The third-order valence-corrected chi connectivity index (χ3v) is 7.13. The Bertz CT molecular complexity index is 1220. The van der Waals surface area contributed by atoms with Crippen molar-refractivity contribution in [3.05, 3.63) is 94.5 Å². The van der Waals surface area contributed by atoms with Crippen LogP contribution in [0.25, 0.3) is 0 Å². The standard InChI is InChI=1S/C25H26N2O3S/c1-17-10-14-21(15-11-17)31(29,30)27-24-16-20(13-12-18(24)2)25(28)26-23-9-5-7-19-6-3-4-8-22(19)23/h3-4,6,8,10-16,23,27H,5,7,9H2,1-2H3,(H,26,28)/t23-/m1/s1. The summed E-state index contributed by atoms with van der Waals surface area (Å²) in [5.74, 6) is -0.211. The van der Waals surface area contributed by atoms with Crippen LogP contribution in [0.1, 0.15) is 51.5 Å². The maximum atomic E-state index is 13.0. The number of fused-ring (bicyclic) bond motifs is 1. The van der Waals surface area contributed by atoms with Crippen LogP contribution in [0, 0.1) is 13.8 Å². The predicted molar refractivity (Wildman–Crippen MR) is 123 cm³/mol. The molecular formula is C25H26N2O3S. The molecule has 0 unspecified atom stereocenters. The van der Waals surface area contributed by atoms with Gasteiger partial charge in [0, 0.05) is 5.56 Å². The van der Waals surface area contributed by atoms with Crippen molar-refractivity contribution in [3.63, 3.8) is 0 Å². The number of carbonyl (C=O) groups is 1. The number of amides is 1. The minimum Gasteiger partial charge on any atom is -0.345 e. The van der Waals surface area contributed by atoms with Gasteiger partial charge in [-0.25, -0.2) is 8.42 Å². The van der Waals surface area contributed by atoms with Gasteiger partial charge < -0.3 is 5.32 Å². The van der Waals surface area contributed by atoms with Gasteiger partial charge in [0.25, 0.3) is 15.9 Å². The number of hydrogen-bond acceptors (Lipinski definition) is 3. The topological polar surface area (TPSA) is 75.3 Å². The van der Waals surface area contributed by atoms with Crippen LogP contribution in [0.15, 0.2) is 71.6 Å². The molecule has 1 amide bonds. The van der Waals surface area contributed by atoms with Crippen molar-refractivity contribution in [3.8, 4) is 0 Å². The summed E-state index contributed by atoms with van der Waals surface area (Å²) >= 11 is 0. The Kier molecular flexibility index (Phi) is 5.83. The van der Waals surface area contributed by atoms with E-state index in [4.69, 9.17) is 0 Å². The van der Waals surface area contributed by atoms with E-state index < -0.39 is 10.0 Å². The predicted octanol–water partition coefficient (Wildman–Crippen LogP) is 4.91. The number of nitrogens with one attached hydrogen (secondary N) is 2. The fraction of sp³-hybridized carbons (Fsp3) is 0.240. The zero-order chi connectivity index (χ0) is 22.0. The smallest absolute Gasteiger partial charge is 0.261 e. The second-order valence-corrected chi connectivity index (χ2v) is 9.75. The second kappa shape index (κ2) is 8.55. The number of aryl methyl sites for hydroxylation is 3. The molecule has 160 valence electrons. The Balaban J connectivity index is 1.55. The molecule has 0 saturated heterocycles. The largest absolute Gasteiger partial charge is 0.345 e. The highest BCUT2D eigenvalue weighted by Gasteiger charge is 2.22. The molecular weight excluding hydrogens is 408 g/mol. The summed E-state index contributed by atoms with van der Waals surface area (Å²) < 4.78 is 28.2. The van der Waals surface area contributed by atoms with Crippen LogP contribution >= 0.6 is 0 Å². The lowest BCUT2D eigenvalue weighted by molar-refractivity contribution is 0.0932. The summed E-state index contributed by atoms with van der Waals surface area (Å²) in [6.45, 7) is 3.72. The van der Waals surface area contributed by atoms with Crippen molar-refractivity contribution in [2.24, 2.45) is 0 Å². The molecule has 2 N–H and O–H groups in total.